The van der Waals surface area contributed by atoms with Gasteiger partial charge < -0.3 is 10.4 Å². The molecule has 0 radical (unpaired) electrons. The minimum Gasteiger partial charge on any atom is -0.504 e. The van der Waals surface area contributed by atoms with E-state index in [2.05, 4.69) is 15.3 Å². The minimum absolute atomic E-state index is 0.123. The molecule has 0 fully saturated rings. The molecule has 0 aliphatic heterocycles. The molecule has 0 aliphatic rings. The fourth-order valence-electron chi connectivity index (χ4n) is 2.54. The summed E-state index contributed by atoms with van der Waals surface area (Å²) in [5.41, 5.74) is 0.609. The van der Waals surface area contributed by atoms with Crippen molar-refractivity contribution in [1.82, 2.24) is 15.3 Å². The third-order valence-corrected chi connectivity index (χ3v) is 4.09. The predicted octanol–water partition coefficient (Wildman–Crippen LogP) is 2.39. The van der Waals surface area contributed by atoms with Gasteiger partial charge in [-0.05, 0) is 29.8 Å². The van der Waals surface area contributed by atoms with Crippen LogP contribution in [-0.2, 0) is 11.3 Å². The number of aromatic nitrogens is 2. The number of amides is 2. The molecule has 138 valence electrons. The molecule has 27 heavy (non-hydrogen) atoms. The number of carbonyl (C=O) groups is 2. The van der Waals surface area contributed by atoms with E-state index in [1.54, 1.807) is 24.3 Å². The number of aromatic hydroxyl groups is 1. The summed E-state index contributed by atoms with van der Waals surface area (Å²) in [5.74, 6) is -1.45. The van der Waals surface area contributed by atoms with Gasteiger partial charge >= 0.3 is 0 Å². The fraction of sp³-hybridized carbons (Fsp3) is 0.158. The zero-order chi connectivity index (χ0) is 19.6. The Hall–Kier alpha value is -3.55. The summed E-state index contributed by atoms with van der Waals surface area (Å²) < 4.78 is 13.0. The van der Waals surface area contributed by atoms with E-state index < -0.39 is 5.91 Å². The topological polar surface area (TPSA) is 95.4 Å². The molecule has 0 saturated carbocycles. The highest BCUT2D eigenvalue weighted by molar-refractivity contribution is 6.06. The number of rotatable bonds is 4. The first-order chi connectivity index (χ1) is 12.9. The van der Waals surface area contributed by atoms with Crippen LogP contribution in [0.1, 0.15) is 23.0 Å². The lowest BCUT2D eigenvalue weighted by Gasteiger charge is -2.18. The molecule has 2 aromatic heterocycles. The molecule has 1 aromatic carbocycles. The molecule has 2 N–H and O–H groups in total. The normalized spacial score (nSPS) is 10.6. The van der Waals surface area contributed by atoms with Gasteiger partial charge in [0, 0.05) is 32.1 Å². The van der Waals surface area contributed by atoms with E-state index in [4.69, 9.17) is 0 Å². The van der Waals surface area contributed by atoms with Crippen molar-refractivity contribution in [3.63, 3.8) is 0 Å². The van der Waals surface area contributed by atoms with Crippen LogP contribution in [0.25, 0.3) is 10.9 Å². The Labute approximate surface area is 154 Å². The predicted molar refractivity (Wildman–Crippen MR) is 97.9 cm³/mol. The van der Waals surface area contributed by atoms with Gasteiger partial charge in [-0.15, -0.1) is 0 Å². The Morgan fingerprint density at radius 2 is 1.93 bits per heavy atom. The van der Waals surface area contributed by atoms with Crippen LogP contribution in [0.4, 0.5) is 10.2 Å². The van der Waals surface area contributed by atoms with Crippen LogP contribution in [-0.4, -0.2) is 33.9 Å². The van der Waals surface area contributed by atoms with E-state index in [9.17, 15) is 19.1 Å². The molecular weight excluding hydrogens is 351 g/mol. The van der Waals surface area contributed by atoms with Crippen LogP contribution in [0.2, 0.25) is 0 Å². The average molecular weight is 368 g/mol. The van der Waals surface area contributed by atoms with Crippen molar-refractivity contribution in [3.8, 4) is 5.75 Å². The SMILES string of the molecule is CC(=O)N(C)c1nc(C(=O)NCc2ccc(F)cc2)c(O)c2ncccc12. The van der Waals surface area contributed by atoms with Crippen LogP contribution < -0.4 is 10.2 Å². The summed E-state index contributed by atoms with van der Waals surface area (Å²) in [6.45, 7) is 1.49. The molecule has 0 bridgehead atoms. The van der Waals surface area contributed by atoms with E-state index in [1.807, 2.05) is 0 Å². The van der Waals surface area contributed by atoms with Crippen molar-refractivity contribution in [2.24, 2.45) is 0 Å². The zero-order valence-electron chi connectivity index (χ0n) is 14.7. The van der Waals surface area contributed by atoms with Crippen LogP contribution in [0.3, 0.4) is 0 Å². The van der Waals surface area contributed by atoms with Gasteiger partial charge in [-0.2, -0.15) is 0 Å². The molecule has 3 rings (SSSR count). The third-order valence-electron chi connectivity index (χ3n) is 4.09. The number of anilines is 1. The first-order valence-corrected chi connectivity index (χ1v) is 8.13. The lowest BCUT2D eigenvalue weighted by molar-refractivity contribution is -0.116. The quantitative estimate of drug-likeness (QED) is 0.737. The molecule has 0 aliphatic carbocycles. The van der Waals surface area contributed by atoms with E-state index in [0.29, 0.717) is 10.9 Å². The maximum absolute atomic E-state index is 13.0. The fourth-order valence-corrected chi connectivity index (χ4v) is 2.54. The number of nitrogens with one attached hydrogen (secondary N) is 1. The summed E-state index contributed by atoms with van der Waals surface area (Å²) in [6, 6.07) is 8.97. The number of hydrogen-bond acceptors (Lipinski definition) is 5. The standard InChI is InChI=1S/C19H17FN4O3/c1-11(25)24(2)18-14-4-3-9-21-15(14)17(26)16(23-18)19(27)22-10-12-5-7-13(20)8-6-12/h3-9,26H,10H2,1-2H3,(H,22,27). The van der Waals surface area contributed by atoms with Gasteiger partial charge in [-0.3, -0.25) is 19.5 Å². The van der Waals surface area contributed by atoms with E-state index in [-0.39, 0.29) is 41.0 Å². The van der Waals surface area contributed by atoms with E-state index in [1.165, 1.54) is 37.2 Å². The van der Waals surface area contributed by atoms with Gasteiger partial charge in [0.05, 0.1) is 0 Å². The monoisotopic (exact) mass is 368 g/mol. The highest BCUT2D eigenvalue weighted by Gasteiger charge is 2.22. The van der Waals surface area contributed by atoms with Crippen molar-refractivity contribution in [3.05, 3.63) is 59.7 Å². The van der Waals surface area contributed by atoms with Crippen LogP contribution >= 0.6 is 0 Å². The molecule has 8 heteroatoms. The van der Waals surface area contributed by atoms with Gasteiger partial charge in [0.1, 0.15) is 17.2 Å². The summed E-state index contributed by atoms with van der Waals surface area (Å²) >= 11 is 0. The van der Waals surface area contributed by atoms with Gasteiger partial charge in [0.15, 0.2) is 11.4 Å². The number of fused-ring (bicyclic) bond motifs is 1. The summed E-state index contributed by atoms with van der Waals surface area (Å²) in [4.78, 5) is 33.9. The molecule has 0 saturated heterocycles. The number of halogens is 1. The highest BCUT2D eigenvalue weighted by Crippen LogP contribution is 2.32. The smallest absolute Gasteiger partial charge is 0.274 e. The lowest BCUT2D eigenvalue weighted by atomic mass is 10.1. The van der Waals surface area contributed by atoms with Crippen molar-refractivity contribution >= 4 is 28.5 Å². The Bertz CT molecular complexity index is 1020. The highest BCUT2D eigenvalue weighted by atomic mass is 19.1. The maximum Gasteiger partial charge on any atom is 0.274 e. The Balaban J connectivity index is 1.97. The van der Waals surface area contributed by atoms with E-state index >= 15 is 0 Å². The summed E-state index contributed by atoms with van der Waals surface area (Å²) in [6.07, 6.45) is 1.47. The minimum atomic E-state index is -0.636. The van der Waals surface area contributed by atoms with E-state index in [0.717, 1.165) is 0 Å². The Morgan fingerprint density at radius 1 is 1.22 bits per heavy atom. The Kier molecular flexibility index (Phi) is 4.98. The summed E-state index contributed by atoms with van der Waals surface area (Å²) in [5, 5.41) is 13.5. The largest absolute Gasteiger partial charge is 0.504 e. The van der Waals surface area contributed by atoms with Crippen molar-refractivity contribution in [2.75, 3.05) is 11.9 Å². The molecule has 0 spiro atoms. The number of pyridine rings is 2. The first kappa shape index (κ1) is 18.2. The van der Waals surface area contributed by atoms with Crippen LogP contribution in [0.15, 0.2) is 42.6 Å². The van der Waals surface area contributed by atoms with Crippen LogP contribution in [0, 0.1) is 5.82 Å². The molecule has 2 amide bonds. The van der Waals surface area contributed by atoms with Gasteiger partial charge in [-0.1, -0.05) is 12.1 Å². The number of nitrogens with zero attached hydrogens (tertiary/aromatic N) is 3. The second-order valence-electron chi connectivity index (χ2n) is 5.92. The molecular formula is C19H17FN4O3. The first-order valence-electron chi connectivity index (χ1n) is 8.13. The Morgan fingerprint density at radius 3 is 2.59 bits per heavy atom. The van der Waals surface area contributed by atoms with Crippen molar-refractivity contribution < 1.29 is 19.1 Å². The molecule has 3 aromatic rings. The number of carbonyl (C=O) groups excluding carboxylic acids is 2. The van der Waals surface area contributed by atoms with Gasteiger partial charge in [0.2, 0.25) is 5.91 Å². The second-order valence-corrected chi connectivity index (χ2v) is 5.92. The van der Waals surface area contributed by atoms with Crippen molar-refractivity contribution in [2.45, 2.75) is 13.5 Å². The summed E-state index contributed by atoms with van der Waals surface area (Å²) in [7, 11) is 1.52. The second kappa shape index (κ2) is 7.36. The maximum atomic E-state index is 13.0. The molecule has 0 atom stereocenters. The molecule has 2 heterocycles. The van der Waals surface area contributed by atoms with Gasteiger partial charge in [-0.25, -0.2) is 9.37 Å². The van der Waals surface area contributed by atoms with Crippen molar-refractivity contribution in [1.29, 1.82) is 0 Å². The molecule has 7 nitrogen and oxygen atoms in total. The zero-order valence-corrected chi connectivity index (χ0v) is 14.7. The number of hydrogen-bond donors (Lipinski definition) is 2. The molecule has 0 unspecified atom stereocenters. The van der Waals surface area contributed by atoms with Gasteiger partial charge in [0.25, 0.3) is 5.91 Å². The third kappa shape index (κ3) is 3.69. The number of benzene rings is 1. The average Bonchev–Trinajstić information content (AvgIpc) is 2.67. The lowest BCUT2D eigenvalue weighted by Crippen LogP contribution is -2.28. The van der Waals surface area contributed by atoms with Crippen LogP contribution in [0.5, 0.6) is 5.75 Å².